The topological polar surface area (TPSA) is 53.1 Å². The molecule has 28 heavy (non-hydrogen) atoms. The van der Waals surface area contributed by atoms with Gasteiger partial charge in [-0.15, -0.1) is 0 Å². The molecule has 4 rings (SSSR count). The Morgan fingerprint density at radius 2 is 1.89 bits per heavy atom. The van der Waals surface area contributed by atoms with Crippen molar-refractivity contribution in [2.45, 2.75) is 37.3 Å². The fourth-order valence-corrected chi connectivity index (χ4v) is 6.03. The van der Waals surface area contributed by atoms with E-state index in [1.165, 1.54) is 22.8 Å². The number of carbonyl (C=O) groups is 2. The van der Waals surface area contributed by atoms with Gasteiger partial charge in [0.25, 0.3) is 5.91 Å². The maximum absolute atomic E-state index is 13.1. The first-order valence-electron chi connectivity index (χ1n) is 10.1. The van der Waals surface area contributed by atoms with Crippen LogP contribution in [0.15, 0.2) is 24.3 Å². The molecule has 6 nitrogen and oxygen atoms in total. The summed E-state index contributed by atoms with van der Waals surface area (Å²) < 4.78 is 5.21. The maximum Gasteiger partial charge on any atom is 0.327 e. The normalized spacial score (nSPS) is 25.1. The van der Waals surface area contributed by atoms with E-state index in [9.17, 15) is 9.59 Å². The number of hydrogen-bond acceptors (Lipinski definition) is 5. The highest BCUT2D eigenvalue weighted by Gasteiger charge is 2.56. The van der Waals surface area contributed by atoms with Crippen molar-refractivity contribution in [2.24, 2.45) is 0 Å². The number of ether oxygens (including phenoxy) is 1. The molecule has 1 atom stereocenters. The lowest BCUT2D eigenvalue weighted by atomic mass is 9.85. The summed E-state index contributed by atoms with van der Waals surface area (Å²) in [6, 6.07) is 8.41. The first-order valence-corrected chi connectivity index (χ1v) is 11.2. The minimum Gasteiger partial charge on any atom is -0.497 e. The van der Waals surface area contributed by atoms with Crippen molar-refractivity contribution >= 4 is 23.7 Å². The van der Waals surface area contributed by atoms with Crippen LogP contribution in [-0.2, 0) is 11.2 Å². The number of urea groups is 1. The Kier molecular flexibility index (Phi) is 5.56. The third-order valence-electron chi connectivity index (χ3n) is 6.57. The number of thioether (sulfide) groups is 1. The molecule has 152 valence electrons. The quantitative estimate of drug-likeness (QED) is 0.707. The van der Waals surface area contributed by atoms with Gasteiger partial charge in [0, 0.05) is 38.5 Å². The van der Waals surface area contributed by atoms with Crippen LogP contribution >= 0.6 is 11.8 Å². The summed E-state index contributed by atoms with van der Waals surface area (Å²) in [7, 11) is 3.28. The van der Waals surface area contributed by atoms with Crippen molar-refractivity contribution < 1.29 is 14.3 Å². The van der Waals surface area contributed by atoms with E-state index in [1.54, 1.807) is 14.2 Å². The average molecular weight is 404 g/mol. The summed E-state index contributed by atoms with van der Waals surface area (Å²) in [4.78, 5) is 31.6. The molecule has 3 heterocycles. The van der Waals surface area contributed by atoms with Gasteiger partial charge in [0.15, 0.2) is 0 Å². The van der Waals surface area contributed by atoms with Crippen molar-refractivity contribution in [3.63, 3.8) is 0 Å². The molecule has 0 bridgehead atoms. The predicted molar refractivity (Wildman–Crippen MR) is 111 cm³/mol. The number of hydrogen-bond donors (Lipinski definition) is 0. The van der Waals surface area contributed by atoms with Gasteiger partial charge in [-0.3, -0.25) is 14.6 Å². The number of amides is 3. The van der Waals surface area contributed by atoms with Crippen molar-refractivity contribution in [1.29, 1.82) is 0 Å². The number of piperidine rings is 1. The Labute approximate surface area is 171 Å². The van der Waals surface area contributed by atoms with E-state index in [1.807, 2.05) is 40.9 Å². The van der Waals surface area contributed by atoms with Gasteiger partial charge in [0.2, 0.25) is 0 Å². The average Bonchev–Trinajstić information content (AvgIpc) is 3.32. The molecule has 0 aliphatic carbocycles. The second-order valence-electron chi connectivity index (χ2n) is 7.98. The Morgan fingerprint density at radius 3 is 2.50 bits per heavy atom. The van der Waals surface area contributed by atoms with E-state index in [0.717, 1.165) is 43.7 Å². The predicted octanol–water partition coefficient (Wildman–Crippen LogP) is 2.47. The monoisotopic (exact) mass is 403 g/mol. The van der Waals surface area contributed by atoms with Gasteiger partial charge in [-0.25, -0.2) is 4.79 Å². The van der Waals surface area contributed by atoms with Crippen molar-refractivity contribution in [2.75, 3.05) is 45.3 Å². The van der Waals surface area contributed by atoms with Gasteiger partial charge < -0.3 is 9.64 Å². The van der Waals surface area contributed by atoms with Crippen LogP contribution in [0.3, 0.4) is 0 Å². The van der Waals surface area contributed by atoms with E-state index in [0.29, 0.717) is 12.6 Å². The zero-order valence-corrected chi connectivity index (χ0v) is 17.5. The van der Waals surface area contributed by atoms with Crippen LogP contribution in [-0.4, -0.2) is 83.5 Å². The molecule has 3 saturated heterocycles. The van der Waals surface area contributed by atoms with E-state index in [-0.39, 0.29) is 11.9 Å². The number of nitrogens with zero attached hydrogens (tertiary/aromatic N) is 3. The Hall–Kier alpha value is -1.73. The third kappa shape index (κ3) is 3.39. The number of rotatable bonds is 5. The molecule has 0 N–H and O–H groups in total. The van der Waals surface area contributed by atoms with Gasteiger partial charge in [0.1, 0.15) is 11.3 Å². The van der Waals surface area contributed by atoms with Crippen molar-refractivity contribution in [1.82, 2.24) is 14.7 Å². The van der Waals surface area contributed by atoms with Crippen LogP contribution in [0.4, 0.5) is 4.79 Å². The molecule has 0 unspecified atom stereocenters. The molecule has 0 aromatic heterocycles. The summed E-state index contributed by atoms with van der Waals surface area (Å²) in [6.45, 7) is 2.37. The maximum atomic E-state index is 13.1. The molecule has 1 aromatic rings. The number of likely N-dealkylation sites (N-methyl/N-ethyl adjacent to an activating group) is 1. The largest absolute Gasteiger partial charge is 0.497 e. The summed E-state index contributed by atoms with van der Waals surface area (Å²) >= 11 is 2.02. The Balaban J connectivity index is 1.46. The number of methoxy groups -OCH3 is 1. The van der Waals surface area contributed by atoms with E-state index >= 15 is 0 Å². The van der Waals surface area contributed by atoms with Gasteiger partial charge in [-0.05, 0) is 49.1 Å². The standard InChI is InChI=1S/C21H29N3O3S/c1-22-19(25)21(9-12-23(13-10-21)17-8-14-28-15-17)24(20(22)26)11-7-16-3-5-18(27-2)6-4-16/h3-6,17H,7-15H2,1-2H3/t17-/m0/s1. The lowest BCUT2D eigenvalue weighted by Crippen LogP contribution is -2.58. The minimum atomic E-state index is -0.652. The van der Waals surface area contributed by atoms with Gasteiger partial charge in [0.05, 0.1) is 7.11 Å². The second kappa shape index (κ2) is 7.95. The summed E-state index contributed by atoms with van der Waals surface area (Å²) in [5.74, 6) is 3.24. The number of likely N-dealkylation sites (tertiary alicyclic amines) is 1. The van der Waals surface area contributed by atoms with Gasteiger partial charge in [-0.2, -0.15) is 11.8 Å². The van der Waals surface area contributed by atoms with Crippen LogP contribution in [0.2, 0.25) is 0 Å². The fourth-order valence-electron chi connectivity index (χ4n) is 4.77. The van der Waals surface area contributed by atoms with Gasteiger partial charge >= 0.3 is 6.03 Å². The molecule has 0 radical (unpaired) electrons. The van der Waals surface area contributed by atoms with Crippen LogP contribution in [0.1, 0.15) is 24.8 Å². The lowest BCUT2D eigenvalue weighted by molar-refractivity contribution is -0.135. The van der Waals surface area contributed by atoms with Crippen molar-refractivity contribution in [3.8, 4) is 5.75 Å². The summed E-state index contributed by atoms with van der Waals surface area (Å²) in [6.07, 6.45) is 3.46. The molecular weight excluding hydrogens is 374 g/mol. The molecule has 3 aliphatic rings. The SMILES string of the molecule is COc1ccc(CCN2C(=O)N(C)C(=O)C23CCN([C@H]2CCSC2)CC3)cc1. The number of carbonyl (C=O) groups excluding carboxylic acids is 2. The van der Waals surface area contributed by atoms with Gasteiger partial charge in [-0.1, -0.05) is 12.1 Å². The zero-order chi connectivity index (χ0) is 19.7. The lowest BCUT2D eigenvalue weighted by Gasteiger charge is -2.44. The smallest absolute Gasteiger partial charge is 0.327 e. The van der Waals surface area contributed by atoms with Crippen LogP contribution in [0, 0.1) is 0 Å². The Morgan fingerprint density at radius 1 is 1.18 bits per heavy atom. The van der Waals surface area contributed by atoms with E-state index < -0.39 is 5.54 Å². The molecule has 3 amide bonds. The van der Waals surface area contributed by atoms with Crippen LogP contribution in [0.25, 0.3) is 0 Å². The van der Waals surface area contributed by atoms with E-state index in [4.69, 9.17) is 4.74 Å². The molecule has 3 aliphatic heterocycles. The van der Waals surface area contributed by atoms with Crippen LogP contribution < -0.4 is 4.74 Å². The van der Waals surface area contributed by atoms with E-state index in [2.05, 4.69) is 4.90 Å². The Bertz CT molecular complexity index is 725. The molecule has 1 aromatic carbocycles. The number of benzene rings is 1. The highest BCUT2D eigenvalue weighted by atomic mass is 32.2. The minimum absolute atomic E-state index is 0.0207. The van der Waals surface area contributed by atoms with Crippen molar-refractivity contribution in [3.05, 3.63) is 29.8 Å². The molecule has 3 fully saturated rings. The molecule has 7 heteroatoms. The molecule has 1 spiro atoms. The zero-order valence-electron chi connectivity index (χ0n) is 16.7. The highest BCUT2D eigenvalue weighted by molar-refractivity contribution is 7.99. The number of imide groups is 1. The third-order valence-corrected chi connectivity index (χ3v) is 7.71. The fraction of sp³-hybridized carbons (Fsp3) is 0.619. The summed E-state index contributed by atoms with van der Waals surface area (Å²) in [5, 5.41) is 0. The highest BCUT2D eigenvalue weighted by Crippen LogP contribution is 2.38. The first-order chi connectivity index (χ1) is 13.5. The first kappa shape index (κ1) is 19.6. The molecule has 0 saturated carbocycles. The van der Waals surface area contributed by atoms with Crippen LogP contribution in [0.5, 0.6) is 5.75 Å². The second-order valence-corrected chi connectivity index (χ2v) is 9.13. The summed E-state index contributed by atoms with van der Waals surface area (Å²) in [5.41, 5.74) is 0.492. The molecular formula is C21H29N3O3S.